The Bertz CT molecular complexity index is 3170. The van der Waals surface area contributed by atoms with Crippen molar-refractivity contribution in [3.05, 3.63) is 247 Å². The molecule has 0 saturated carbocycles. The lowest BCUT2D eigenvalue weighted by atomic mass is 9.63. The fourth-order valence-electron chi connectivity index (χ4n) is 9.76. The third-order valence-electron chi connectivity index (χ3n) is 12.4. The van der Waals surface area contributed by atoms with Crippen LogP contribution in [0.5, 0.6) is 11.5 Å². The molecule has 0 N–H and O–H groups in total. The Balaban J connectivity index is 1.07. The normalized spacial score (nSPS) is 13.2. The summed E-state index contributed by atoms with van der Waals surface area (Å²) in [7, 11) is 0. The van der Waals surface area contributed by atoms with Gasteiger partial charge in [0.1, 0.15) is 11.5 Å². The van der Waals surface area contributed by atoms with Crippen molar-refractivity contribution < 1.29 is 4.74 Å². The fourth-order valence-corrected chi connectivity index (χ4v) is 10.9. The number of hydrogen-bond donors (Lipinski definition) is 0. The molecule has 282 valence electrons. The summed E-state index contributed by atoms with van der Waals surface area (Å²) in [6.45, 7) is 0. The molecule has 1 spiro atoms. The predicted octanol–water partition coefficient (Wildman–Crippen LogP) is 15.7. The first-order valence-electron chi connectivity index (χ1n) is 20.5. The predicted molar refractivity (Wildman–Crippen MR) is 250 cm³/mol. The second-order valence-corrected chi connectivity index (χ2v) is 16.7. The maximum Gasteiger partial charge on any atom is 0.132 e. The topological polar surface area (TPSA) is 12.5 Å². The molecule has 2 aliphatic heterocycles. The maximum absolute atomic E-state index is 6.66. The van der Waals surface area contributed by atoms with Gasteiger partial charge in [-0.25, -0.2) is 0 Å². The number of ether oxygens (including phenoxy) is 1. The molecular weight excluding hydrogens is 747 g/mol. The Labute approximate surface area is 354 Å². The van der Waals surface area contributed by atoms with Crippen molar-refractivity contribution in [2.24, 2.45) is 0 Å². The van der Waals surface area contributed by atoms with Crippen molar-refractivity contribution in [2.45, 2.75) is 15.2 Å². The number of nitrogens with zero attached hydrogens (tertiary/aromatic N) is 1. The zero-order chi connectivity index (χ0) is 39.6. The van der Waals surface area contributed by atoms with Crippen LogP contribution in [0.2, 0.25) is 0 Å². The minimum Gasteiger partial charge on any atom is -0.457 e. The quantitative estimate of drug-likeness (QED) is 0.172. The Morgan fingerprint density at radius 3 is 1.72 bits per heavy atom. The molecule has 2 nitrogen and oxygen atoms in total. The Morgan fingerprint density at radius 1 is 0.367 bits per heavy atom. The van der Waals surface area contributed by atoms with Crippen LogP contribution in [0, 0.1) is 0 Å². The molecule has 12 rings (SSSR count). The summed E-state index contributed by atoms with van der Waals surface area (Å²) in [4.78, 5) is 4.96. The van der Waals surface area contributed by atoms with Crippen LogP contribution in [0.3, 0.4) is 0 Å². The zero-order valence-corrected chi connectivity index (χ0v) is 33.4. The van der Waals surface area contributed by atoms with Crippen LogP contribution in [0.4, 0.5) is 17.1 Å². The molecule has 0 atom stereocenters. The summed E-state index contributed by atoms with van der Waals surface area (Å²) >= 11 is 1.86. The highest BCUT2D eigenvalue weighted by Crippen LogP contribution is 2.62. The highest BCUT2D eigenvalue weighted by molar-refractivity contribution is 7.99. The highest BCUT2D eigenvalue weighted by Gasteiger charge is 2.49. The van der Waals surface area contributed by atoms with E-state index in [1.54, 1.807) is 0 Å². The molecule has 0 aliphatic carbocycles. The van der Waals surface area contributed by atoms with Gasteiger partial charge in [0.15, 0.2) is 0 Å². The average Bonchev–Trinajstić information content (AvgIpc) is 3.32. The summed E-state index contributed by atoms with van der Waals surface area (Å²) in [6, 6.07) is 81.7. The van der Waals surface area contributed by atoms with Gasteiger partial charge in [0.2, 0.25) is 0 Å². The molecule has 0 aromatic heterocycles. The molecule has 0 saturated heterocycles. The number of rotatable bonds is 5. The largest absolute Gasteiger partial charge is 0.457 e. The van der Waals surface area contributed by atoms with Crippen molar-refractivity contribution >= 4 is 50.4 Å². The van der Waals surface area contributed by atoms with E-state index in [4.69, 9.17) is 4.74 Å². The molecule has 3 heteroatoms. The van der Waals surface area contributed by atoms with E-state index in [0.717, 1.165) is 28.6 Å². The summed E-state index contributed by atoms with van der Waals surface area (Å²) in [5.74, 6) is 1.80. The van der Waals surface area contributed by atoms with Crippen LogP contribution >= 0.6 is 11.8 Å². The standard InChI is InChI=1S/C57H37NOS/c1-2-15-38(16-3-1)39-29-32-42(33-30-39)58(51-25-14-18-40-17-4-5-19-44(40)51)52-35-34-43(45-20-6-7-21-46(45)52)41-31-36-56-50(37-41)57(49-24-10-13-28-55(49)60-56)47-22-8-11-26-53(47)59-54-27-12-9-23-48(54)57/h1-37H. The van der Waals surface area contributed by atoms with Crippen molar-refractivity contribution in [3.8, 4) is 33.8 Å². The van der Waals surface area contributed by atoms with Crippen LogP contribution in [0.1, 0.15) is 22.3 Å². The Morgan fingerprint density at radius 2 is 0.933 bits per heavy atom. The minimum absolute atomic E-state index is 0.564. The van der Waals surface area contributed by atoms with Gasteiger partial charge in [-0.1, -0.05) is 182 Å². The molecule has 0 radical (unpaired) electrons. The van der Waals surface area contributed by atoms with Gasteiger partial charge in [-0.05, 0) is 98.8 Å². The monoisotopic (exact) mass is 783 g/mol. The smallest absolute Gasteiger partial charge is 0.132 e. The van der Waals surface area contributed by atoms with Crippen molar-refractivity contribution in [1.82, 2.24) is 0 Å². The van der Waals surface area contributed by atoms with Gasteiger partial charge in [-0.3, -0.25) is 0 Å². The van der Waals surface area contributed by atoms with E-state index in [-0.39, 0.29) is 0 Å². The molecular formula is C57H37NOS. The van der Waals surface area contributed by atoms with Crippen molar-refractivity contribution in [2.75, 3.05) is 4.90 Å². The van der Waals surface area contributed by atoms with Gasteiger partial charge < -0.3 is 9.64 Å². The summed E-state index contributed by atoms with van der Waals surface area (Å²) < 4.78 is 6.66. The number of para-hydroxylation sites is 2. The van der Waals surface area contributed by atoms with Gasteiger partial charge in [0, 0.05) is 37.4 Å². The average molecular weight is 784 g/mol. The number of fused-ring (bicyclic) bond motifs is 10. The van der Waals surface area contributed by atoms with E-state index >= 15 is 0 Å². The van der Waals surface area contributed by atoms with E-state index < -0.39 is 5.41 Å². The summed E-state index contributed by atoms with van der Waals surface area (Å²) in [6.07, 6.45) is 0. The molecule has 0 amide bonds. The van der Waals surface area contributed by atoms with E-state index in [2.05, 4.69) is 229 Å². The van der Waals surface area contributed by atoms with Crippen molar-refractivity contribution in [1.29, 1.82) is 0 Å². The van der Waals surface area contributed by atoms with E-state index in [1.807, 2.05) is 11.8 Å². The molecule has 0 unspecified atom stereocenters. The lowest BCUT2D eigenvalue weighted by Crippen LogP contribution is -2.36. The number of anilines is 3. The molecule has 10 aromatic carbocycles. The number of benzene rings is 10. The Kier molecular flexibility index (Phi) is 8.04. The SMILES string of the molecule is c1ccc(-c2ccc(N(c3cccc4ccccc34)c3ccc(-c4ccc5c(c4)C4(c6ccccc6Oc6ccccc64)c4ccccc4S5)c4ccccc34)cc2)cc1. The third kappa shape index (κ3) is 5.29. The first-order chi connectivity index (χ1) is 29.8. The highest BCUT2D eigenvalue weighted by atomic mass is 32.2. The molecule has 60 heavy (non-hydrogen) atoms. The summed E-state index contributed by atoms with van der Waals surface area (Å²) in [5, 5.41) is 4.80. The van der Waals surface area contributed by atoms with Crippen LogP contribution in [0.15, 0.2) is 234 Å². The molecule has 10 aromatic rings. The van der Waals surface area contributed by atoms with Crippen LogP contribution in [-0.2, 0) is 5.41 Å². The molecule has 0 bridgehead atoms. The maximum atomic E-state index is 6.66. The lowest BCUT2D eigenvalue weighted by molar-refractivity contribution is 0.431. The van der Waals surface area contributed by atoms with E-state index in [0.29, 0.717) is 0 Å². The van der Waals surface area contributed by atoms with Crippen LogP contribution in [0.25, 0.3) is 43.8 Å². The van der Waals surface area contributed by atoms with Gasteiger partial charge in [0.25, 0.3) is 0 Å². The minimum atomic E-state index is -0.564. The van der Waals surface area contributed by atoms with Gasteiger partial charge in [-0.2, -0.15) is 0 Å². The van der Waals surface area contributed by atoms with Gasteiger partial charge >= 0.3 is 0 Å². The van der Waals surface area contributed by atoms with Gasteiger partial charge in [0.05, 0.1) is 16.8 Å². The molecule has 0 fully saturated rings. The van der Waals surface area contributed by atoms with E-state index in [9.17, 15) is 0 Å². The third-order valence-corrected chi connectivity index (χ3v) is 13.5. The zero-order valence-electron chi connectivity index (χ0n) is 32.6. The number of hydrogen-bond acceptors (Lipinski definition) is 3. The van der Waals surface area contributed by atoms with Crippen LogP contribution in [-0.4, -0.2) is 0 Å². The second kappa shape index (κ2) is 13.9. The second-order valence-electron chi connectivity index (χ2n) is 15.6. The molecule has 2 aliphatic rings. The van der Waals surface area contributed by atoms with Gasteiger partial charge in [-0.15, -0.1) is 0 Å². The summed E-state index contributed by atoms with van der Waals surface area (Å²) in [5.41, 5.74) is 12.5. The molecule has 2 heterocycles. The Hall–Kier alpha value is -7.33. The van der Waals surface area contributed by atoms with E-state index in [1.165, 1.54) is 75.8 Å². The lowest BCUT2D eigenvalue weighted by Gasteiger charge is -2.45. The fraction of sp³-hybridized carbons (Fsp3) is 0.0175. The van der Waals surface area contributed by atoms with Crippen molar-refractivity contribution in [3.63, 3.8) is 0 Å². The first kappa shape index (κ1) is 34.7. The van der Waals surface area contributed by atoms with Crippen LogP contribution < -0.4 is 9.64 Å². The first-order valence-corrected chi connectivity index (χ1v) is 21.3.